The second-order valence-corrected chi connectivity index (χ2v) is 7.42. The molecule has 1 fully saturated rings. The highest BCUT2D eigenvalue weighted by Gasteiger charge is 2.23. The van der Waals surface area contributed by atoms with Crippen LogP contribution in [0.25, 0.3) is 0 Å². The standard InChI is InChI=1S/C22H26N2O4/c1-15-5-7-17(11-20(15)26-2)22(25)23-18-4-3-9-24(13-18)12-16-6-8-19-21(10-16)28-14-27-19/h5-8,10-11,18H,3-4,9,12-14H2,1-2H3,(H,23,25). The molecule has 1 atom stereocenters. The minimum absolute atomic E-state index is 0.0479. The van der Waals surface area contributed by atoms with Crippen LogP contribution >= 0.6 is 0 Å². The molecule has 2 heterocycles. The summed E-state index contributed by atoms with van der Waals surface area (Å²) in [6, 6.07) is 11.8. The van der Waals surface area contributed by atoms with Crippen molar-refractivity contribution in [3.05, 3.63) is 53.1 Å². The fourth-order valence-corrected chi connectivity index (χ4v) is 3.84. The van der Waals surface area contributed by atoms with Crippen LogP contribution in [0.2, 0.25) is 0 Å². The van der Waals surface area contributed by atoms with Crippen molar-refractivity contribution in [2.75, 3.05) is 27.0 Å². The number of methoxy groups -OCH3 is 1. The number of rotatable bonds is 5. The molecular weight excluding hydrogens is 356 g/mol. The topological polar surface area (TPSA) is 60.0 Å². The van der Waals surface area contributed by atoms with Gasteiger partial charge >= 0.3 is 0 Å². The number of aryl methyl sites for hydroxylation is 1. The van der Waals surface area contributed by atoms with E-state index in [1.807, 2.05) is 31.2 Å². The van der Waals surface area contributed by atoms with Gasteiger partial charge in [0.05, 0.1) is 7.11 Å². The fraction of sp³-hybridized carbons (Fsp3) is 0.409. The zero-order valence-electron chi connectivity index (χ0n) is 16.4. The molecule has 1 saturated heterocycles. The van der Waals surface area contributed by atoms with Crippen molar-refractivity contribution in [1.82, 2.24) is 10.2 Å². The van der Waals surface area contributed by atoms with Crippen LogP contribution in [0.4, 0.5) is 0 Å². The van der Waals surface area contributed by atoms with Crippen LogP contribution in [-0.4, -0.2) is 43.8 Å². The van der Waals surface area contributed by atoms with Crippen molar-refractivity contribution in [3.63, 3.8) is 0 Å². The van der Waals surface area contributed by atoms with Gasteiger partial charge in [0, 0.05) is 24.7 Å². The van der Waals surface area contributed by atoms with E-state index < -0.39 is 0 Å². The molecule has 2 aliphatic heterocycles. The van der Waals surface area contributed by atoms with E-state index in [1.54, 1.807) is 13.2 Å². The first-order valence-electron chi connectivity index (χ1n) is 9.69. The lowest BCUT2D eigenvalue weighted by molar-refractivity contribution is 0.0900. The van der Waals surface area contributed by atoms with E-state index >= 15 is 0 Å². The number of nitrogens with one attached hydrogen (secondary N) is 1. The number of likely N-dealkylation sites (tertiary alicyclic amines) is 1. The third kappa shape index (κ3) is 4.07. The minimum Gasteiger partial charge on any atom is -0.496 e. The molecule has 148 valence electrons. The molecule has 1 unspecified atom stereocenters. The summed E-state index contributed by atoms with van der Waals surface area (Å²) in [4.78, 5) is 15.0. The van der Waals surface area contributed by atoms with Crippen molar-refractivity contribution in [2.24, 2.45) is 0 Å². The monoisotopic (exact) mass is 382 g/mol. The molecule has 1 N–H and O–H groups in total. The van der Waals surface area contributed by atoms with E-state index in [9.17, 15) is 4.79 Å². The third-order valence-electron chi connectivity index (χ3n) is 5.35. The number of piperidine rings is 1. The Balaban J connectivity index is 1.36. The van der Waals surface area contributed by atoms with Crippen molar-refractivity contribution in [1.29, 1.82) is 0 Å². The van der Waals surface area contributed by atoms with Crippen molar-refractivity contribution in [3.8, 4) is 17.2 Å². The van der Waals surface area contributed by atoms with Gasteiger partial charge in [-0.25, -0.2) is 0 Å². The van der Waals surface area contributed by atoms with E-state index in [1.165, 1.54) is 5.56 Å². The maximum absolute atomic E-state index is 12.7. The number of ether oxygens (including phenoxy) is 3. The van der Waals surface area contributed by atoms with Crippen molar-refractivity contribution >= 4 is 5.91 Å². The molecule has 0 bridgehead atoms. The average Bonchev–Trinajstić information content (AvgIpc) is 3.16. The number of carbonyl (C=O) groups excluding carboxylic acids is 1. The zero-order valence-corrected chi connectivity index (χ0v) is 16.4. The fourth-order valence-electron chi connectivity index (χ4n) is 3.84. The van der Waals surface area contributed by atoms with Crippen LogP contribution in [0.1, 0.15) is 34.3 Å². The lowest BCUT2D eigenvalue weighted by Crippen LogP contribution is -2.47. The van der Waals surface area contributed by atoms with Crippen LogP contribution < -0.4 is 19.5 Å². The molecule has 6 heteroatoms. The molecule has 0 spiro atoms. The van der Waals surface area contributed by atoms with Gasteiger partial charge in [-0.05, 0) is 61.7 Å². The molecule has 4 rings (SSSR count). The van der Waals surface area contributed by atoms with Crippen LogP contribution in [-0.2, 0) is 6.54 Å². The first-order chi connectivity index (χ1) is 13.6. The van der Waals surface area contributed by atoms with Crippen LogP contribution in [0.3, 0.4) is 0 Å². The second kappa shape index (κ2) is 8.10. The van der Waals surface area contributed by atoms with Gasteiger partial charge in [0.15, 0.2) is 11.5 Å². The van der Waals surface area contributed by atoms with Gasteiger partial charge in [-0.1, -0.05) is 12.1 Å². The summed E-state index contributed by atoms with van der Waals surface area (Å²) in [5, 5.41) is 3.18. The Bertz CT molecular complexity index is 868. The summed E-state index contributed by atoms with van der Waals surface area (Å²) in [5.41, 5.74) is 2.85. The summed E-state index contributed by atoms with van der Waals surface area (Å²) in [7, 11) is 1.62. The largest absolute Gasteiger partial charge is 0.496 e. The summed E-state index contributed by atoms with van der Waals surface area (Å²) in [6.07, 6.45) is 2.05. The Morgan fingerprint density at radius 3 is 2.93 bits per heavy atom. The van der Waals surface area contributed by atoms with Gasteiger partial charge in [-0.3, -0.25) is 9.69 Å². The van der Waals surface area contributed by atoms with Crippen LogP contribution in [0.15, 0.2) is 36.4 Å². The van der Waals surface area contributed by atoms with Crippen LogP contribution in [0, 0.1) is 6.92 Å². The Morgan fingerprint density at radius 1 is 1.21 bits per heavy atom. The quantitative estimate of drug-likeness (QED) is 0.861. The van der Waals surface area contributed by atoms with Gasteiger partial charge < -0.3 is 19.5 Å². The Morgan fingerprint density at radius 2 is 2.07 bits per heavy atom. The van der Waals surface area contributed by atoms with Gasteiger partial charge in [-0.15, -0.1) is 0 Å². The number of fused-ring (bicyclic) bond motifs is 1. The summed E-state index contributed by atoms with van der Waals surface area (Å²) >= 11 is 0. The van der Waals surface area contributed by atoms with E-state index in [0.29, 0.717) is 12.4 Å². The third-order valence-corrected chi connectivity index (χ3v) is 5.35. The molecule has 0 radical (unpaired) electrons. The van der Waals surface area contributed by atoms with Crippen molar-refractivity contribution < 1.29 is 19.0 Å². The van der Waals surface area contributed by atoms with Crippen LogP contribution in [0.5, 0.6) is 17.2 Å². The maximum Gasteiger partial charge on any atom is 0.251 e. The lowest BCUT2D eigenvalue weighted by atomic mass is 10.0. The molecule has 2 aliphatic rings. The highest BCUT2D eigenvalue weighted by atomic mass is 16.7. The number of nitrogens with zero attached hydrogens (tertiary/aromatic N) is 1. The normalized spacial score (nSPS) is 18.7. The number of amides is 1. The van der Waals surface area contributed by atoms with Gasteiger partial charge in [0.1, 0.15) is 5.75 Å². The molecule has 28 heavy (non-hydrogen) atoms. The number of hydrogen-bond acceptors (Lipinski definition) is 5. The number of carbonyl (C=O) groups is 1. The lowest BCUT2D eigenvalue weighted by Gasteiger charge is -2.33. The van der Waals surface area contributed by atoms with E-state index in [4.69, 9.17) is 14.2 Å². The maximum atomic E-state index is 12.7. The van der Waals surface area contributed by atoms with Gasteiger partial charge in [-0.2, -0.15) is 0 Å². The Kier molecular flexibility index (Phi) is 5.39. The molecule has 0 aliphatic carbocycles. The minimum atomic E-state index is -0.0479. The second-order valence-electron chi connectivity index (χ2n) is 7.42. The Labute approximate surface area is 165 Å². The molecule has 0 aromatic heterocycles. The molecule has 2 aromatic carbocycles. The Hall–Kier alpha value is -2.73. The molecular formula is C22H26N2O4. The summed E-state index contributed by atoms with van der Waals surface area (Å²) < 4.78 is 16.2. The molecule has 2 aromatic rings. The SMILES string of the molecule is COc1cc(C(=O)NC2CCCN(Cc3ccc4c(c3)OCO4)C2)ccc1C. The first-order valence-corrected chi connectivity index (χ1v) is 9.69. The smallest absolute Gasteiger partial charge is 0.251 e. The summed E-state index contributed by atoms with van der Waals surface area (Å²) in [5.74, 6) is 2.31. The van der Waals surface area contributed by atoms with Gasteiger partial charge in [0.25, 0.3) is 5.91 Å². The predicted molar refractivity (Wildman–Crippen MR) is 106 cm³/mol. The number of hydrogen-bond donors (Lipinski definition) is 1. The van der Waals surface area contributed by atoms with E-state index in [0.717, 1.165) is 55.3 Å². The average molecular weight is 382 g/mol. The van der Waals surface area contributed by atoms with E-state index in [-0.39, 0.29) is 11.9 Å². The highest BCUT2D eigenvalue weighted by Crippen LogP contribution is 2.33. The zero-order chi connectivity index (χ0) is 19.5. The predicted octanol–water partition coefficient (Wildman–Crippen LogP) is 3.13. The first kappa shape index (κ1) is 18.6. The molecule has 1 amide bonds. The number of benzene rings is 2. The van der Waals surface area contributed by atoms with E-state index in [2.05, 4.69) is 16.3 Å². The van der Waals surface area contributed by atoms with Crippen molar-refractivity contribution in [2.45, 2.75) is 32.4 Å². The molecule has 0 saturated carbocycles. The molecule has 6 nitrogen and oxygen atoms in total. The summed E-state index contributed by atoms with van der Waals surface area (Å²) in [6.45, 7) is 4.96. The highest BCUT2D eigenvalue weighted by molar-refractivity contribution is 5.94. The van der Waals surface area contributed by atoms with Gasteiger partial charge in [0.2, 0.25) is 6.79 Å².